The first-order chi connectivity index (χ1) is 40.5. The molecule has 0 aromatic carbocycles. The molecule has 0 saturated heterocycles. The Bertz CT molecular complexity index is 1330. The number of carbonyl (C=O) groups excluding carboxylic acids is 2. The van der Waals surface area contributed by atoms with E-state index in [0.717, 1.165) is 44.9 Å². The Morgan fingerprint density at radius 1 is 0.341 bits per heavy atom. The summed E-state index contributed by atoms with van der Waals surface area (Å²) in [6.45, 7) is 4.93. The third kappa shape index (κ3) is 67.2. The Morgan fingerprint density at radius 2 is 0.610 bits per heavy atom. The third-order valence-corrected chi connectivity index (χ3v) is 17.4. The molecule has 2 atom stereocenters. The topological polar surface area (TPSA) is 95.9 Å². The number of esters is 1. The summed E-state index contributed by atoms with van der Waals surface area (Å²) in [5.41, 5.74) is 0. The minimum atomic E-state index is -0.841. The SMILES string of the molecule is CCCCCCCCCCCC/C=C/C(O)C(CO)NC(=O)CCCCCCCCCCCCCCCCCCC/C=C\C/C=C\CCCCCCCCCCCCCCCOC(=O)CCCCCCCCCCCCCCCCCC. The van der Waals surface area contributed by atoms with Crippen molar-refractivity contribution in [3.05, 3.63) is 36.5 Å². The Labute approximate surface area is 513 Å². The molecule has 0 bridgehead atoms. The molecule has 0 aromatic rings. The fourth-order valence-corrected chi connectivity index (χ4v) is 11.7. The molecule has 0 aromatic heterocycles. The second-order valence-corrected chi connectivity index (χ2v) is 25.6. The largest absolute Gasteiger partial charge is 0.466 e. The molecule has 0 aliphatic rings. The van der Waals surface area contributed by atoms with Crippen LogP contribution in [0.4, 0.5) is 0 Å². The third-order valence-electron chi connectivity index (χ3n) is 17.4. The summed E-state index contributed by atoms with van der Waals surface area (Å²) in [5.74, 6) is -0.0418. The zero-order valence-corrected chi connectivity index (χ0v) is 55.5. The second-order valence-electron chi connectivity index (χ2n) is 25.6. The van der Waals surface area contributed by atoms with Crippen LogP contribution in [0.25, 0.3) is 0 Å². The highest BCUT2D eigenvalue weighted by molar-refractivity contribution is 5.76. The van der Waals surface area contributed by atoms with E-state index >= 15 is 0 Å². The molecular weight excluding hydrogens is 1010 g/mol. The van der Waals surface area contributed by atoms with E-state index < -0.39 is 12.1 Å². The van der Waals surface area contributed by atoms with E-state index in [-0.39, 0.29) is 18.5 Å². The van der Waals surface area contributed by atoms with Gasteiger partial charge in [-0.25, -0.2) is 0 Å². The van der Waals surface area contributed by atoms with E-state index in [1.54, 1.807) is 6.08 Å². The Morgan fingerprint density at radius 3 is 0.927 bits per heavy atom. The van der Waals surface area contributed by atoms with Gasteiger partial charge in [-0.1, -0.05) is 371 Å². The molecule has 82 heavy (non-hydrogen) atoms. The van der Waals surface area contributed by atoms with Crippen LogP contribution in [-0.2, 0) is 14.3 Å². The van der Waals surface area contributed by atoms with Crippen molar-refractivity contribution in [2.45, 2.75) is 424 Å². The van der Waals surface area contributed by atoms with Crippen molar-refractivity contribution in [2.24, 2.45) is 0 Å². The van der Waals surface area contributed by atoms with Crippen LogP contribution >= 0.6 is 0 Å². The molecule has 2 unspecified atom stereocenters. The number of ether oxygens (including phenoxy) is 1. The number of nitrogens with one attached hydrogen (secondary N) is 1. The predicted octanol–water partition coefficient (Wildman–Crippen LogP) is 24.3. The fraction of sp³-hybridized carbons (Fsp3) is 0.895. The molecule has 0 radical (unpaired) electrons. The molecule has 0 spiro atoms. The molecule has 6 heteroatoms. The quantitative estimate of drug-likeness (QED) is 0.0320. The van der Waals surface area contributed by atoms with Crippen LogP contribution in [0.5, 0.6) is 0 Å². The molecule has 6 nitrogen and oxygen atoms in total. The van der Waals surface area contributed by atoms with Crippen LogP contribution in [0.1, 0.15) is 412 Å². The number of aliphatic hydroxyl groups excluding tert-OH is 2. The summed E-state index contributed by atoms with van der Waals surface area (Å²) in [5, 5.41) is 23.1. The van der Waals surface area contributed by atoms with Gasteiger partial charge in [-0.3, -0.25) is 9.59 Å². The average Bonchev–Trinajstić information content (AvgIpc) is 3.48. The first kappa shape index (κ1) is 80.1. The van der Waals surface area contributed by atoms with Crippen molar-refractivity contribution >= 4 is 11.9 Å². The molecule has 0 aliphatic carbocycles. The van der Waals surface area contributed by atoms with Gasteiger partial charge in [-0.2, -0.15) is 0 Å². The van der Waals surface area contributed by atoms with E-state index in [1.165, 1.54) is 340 Å². The van der Waals surface area contributed by atoms with Crippen molar-refractivity contribution < 1.29 is 24.5 Å². The van der Waals surface area contributed by atoms with Crippen LogP contribution in [-0.4, -0.2) is 47.4 Å². The number of aliphatic hydroxyl groups is 2. The molecule has 3 N–H and O–H groups in total. The van der Waals surface area contributed by atoms with Crippen LogP contribution in [0, 0.1) is 0 Å². The average molecular weight is 1150 g/mol. The van der Waals surface area contributed by atoms with Crippen LogP contribution in [0.15, 0.2) is 36.5 Å². The Kier molecular flexibility index (Phi) is 69.9. The summed E-state index contributed by atoms with van der Waals surface area (Å²) >= 11 is 0. The maximum absolute atomic E-state index is 12.5. The normalized spacial score (nSPS) is 12.7. The lowest BCUT2D eigenvalue weighted by Crippen LogP contribution is -2.45. The lowest BCUT2D eigenvalue weighted by atomic mass is 10.0. The molecule has 1 amide bonds. The van der Waals surface area contributed by atoms with Gasteiger partial charge in [0.15, 0.2) is 0 Å². The minimum Gasteiger partial charge on any atom is -0.466 e. The predicted molar refractivity (Wildman–Crippen MR) is 361 cm³/mol. The minimum absolute atomic E-state index is 0.0225. The monoisotopic (exact) mass is 1150 g/mol. The van der Waals surface area contributed by atoms with Gasteiger partial charge in [0.05, 0.1) is 25.4 Å². The van der Waals surface area contributed by atoms with Crippen LogP contribution in [0.2, 0.25) is 0 Å². The Balaban J connectivity index is 3.35. The van der Waals surface area contributed by atoms with Gasteiger partial charge >= 0.3 is 5.97 Å². The van der Waals surface area contributed by atoms with Crippen LogP contribution in [0.3, 0.4) is 0 Å². The van der Waals surface area contributed by atoms with E-state index in [1.807, 2.05) is 6.08 Å². The number of amides is 1. The number of allylic oxidation sites excluding steroid dienone is 5. The first-order valence-electron chi connectivity index (χ1n) is 37.3. The molecule has 0 rings (SSSR count). The standard InChI is InChI=1S/C76H145NO5/c1-3-5-7-9-11-13-15-17-18-43-46-50-54-58-62-66-70-76(81)82-71-67-63-59-55-51-47-44-41-39-37-35-33-31-29-27-25-23-21-19-20-22-24-26-28-30-32-34-36-38-40-42-45-49-53-57-61-65-69-75(80)77-73(72-78)74(79)68-64-60-56-52-48-16-14-12-10-8-6-4-2/h19,21,25,27,64,68,73-74,78-79H,3-18,20,22-24,26,28-63,65-67,69-72H2,1-2H3,(H,77,80)/b21-19-,27-25-,68-64+. The zero-order valence-electron chi connectivity index (χ0n) is 55.5. The van der Waals surface area contributed by atoms with Crippen molar-refractivity contribution in [1.29, 1.82) is 0 Å². The molecule has 484 valence electrons. The van der Waals surface area contributed by atoms with Gasteiger partial charge in [0.1, 0.15) is 0 Å². The highest BCUT2D eigenvalue weighted by atomic mass is 16.5. The zero-order chi connectivity index (χ0) is 59.2. The summed E-state index contributed by atoms with van der Waals surface area (Å²) in [7, 11) is 0. The number of rotatable bonds is 70. The second kappa shape index (κ2) is 71.6. The molecule has 0 heterocycles. The van der Waals surface area contributed by atoms with Gasteiger partial charge < -0.3 is 20.3 Å². The Hall–Kier alpha value is -1.92. The fourth-order valence-electron chi connectivity index (χ4n) is 11.7. The van der Waals surface area contributed by atoms with Crippen molar-refractivity contribution in [2.75, 3.05) is 13.2 Å². The molecule has 0 fully saturated rings. The van der Waals surface area contributed by atoms with Crippen molar-refractivity contribution in [3.63, 3.8) is 0 Å². The lowest BCUT2D eigenvalue weighted by molar-refractivity contribution is -0.143. The summed E-state index contributed by atoms with van der Waals surface area (Å²) < 4.78 is 5.51. The lowest BCUT2D eigenvalue weighted by Gasteiger charge is -2.20. The van der Waals surface area contributed by atoms with Gasteiger partial charge in [0.25, 0.3) is 0 Å². The summed E-state index contributed by atoms with van der Waals surface area (Å²) in [6.07, 6.45) is 92.6. The van der Waals surface area contributed by atoms with Crippen LogP contribution < -0.4 is 5.32 Å². The summed E-state index contributed by atoms with van der Waals surface area (Å²) in [4.78, 5) is 24.6. The maximum Gasteiger partial charge on any atom is 0.305 e. The maximum atomic E-state index is 12.5. The van der Waals surface area contributed by atoms with E-state index in [9.17, 15) is 19.8 Å². The molecule has 0 saturated carbocycles. The highest BCUT2D eigenvalue weighted by Gasteiger charge is 2.18. The van der Waals surface area contributed by atoms with Crippen molar-refractivity contribution in [3.8, 4) is 0 Å². The summed E-state index contributed by atoms with van der Waals surface area (Å²) in [6, 6.07) is -0.625. The highest BCUT2D eigenvalue weighted by Crippen LogP contribution is 2.19. The van der Waals surface area contributed by atoms with E-state index in [4.69, 9.17) is 4.74 Å². The number of unbranched alkanes of at least 4 members (excludes halogenated alkanes) is 55. The van der Waals surface area contributed by atoms with E-state index in [2.05, 4.69) is 43.5 Å². The first-order valence-corrected chi connectivity index (χ1v) is 37.3. The number of carbonyl (C=O) groups is 2. The smallest absolute Gasteiger partial charge is 0.305 e. The van der Waals surface area contributed by atoms with Gasteiger partial charge in [-0.05, 0) is 64.2 Å². The van der Waals surface area contributed by atoms with Gasteiger partial charge in [0.2, 0.25) is 5.91 Å². The van der Waals surface area contributed by atoms with Crippen molar-refractivity contribution in [1.82, 2.24) is 5.32 Å². The number of hydrogen-bond acceptors (Lipinski definition) is 5. The van der Waals surface area contributed by atoms with E-state index in [0.29, 0.717) is 19.4 Å². The van der Waals surface area contributed by atoms with Gasteiger partial charge in [-0.15, -0.1) is 0 Å². The molecule has 0 aliphatic heterocycles. The number of hydrogen-bond donors (Lipinski definition) is 3. The van der Waals surface area contributed by atoms with Gasteiger partial charge in [0, 0.05) is 12.8 Å². The molecular formula is C76H145NO5.